The summed E-state index contributed by atoms with van der Waals surface area (Å²) in [6.07, 6.45) is 1.91. The number of halogens is 2. The van der Waals surface area contributed by atoms with Gasteiger partial charge in [-0.2, -0.15) is 0 Å². The minimum atomic E-state index is -0.742. The number of anilines is 1. The lowest BCUT2D eigenvalue weighted by Crippen LogP contribution is -2.42. The molecule has 12 heteroatoms. The van der Waals surface area contributed by atoms with Crippen molar-refractivity contribution in [1.82, 2.24) is 14.5 Å². The van der Waals surface area contributed by atoms with Crippen molar-refractivity contribution in [2.75, 3.05) is 12.1 Å². The second kappa shape index (κ2) is 11.8. The van der Waals surface area contributed by atoms with Gasteiger partial charge in [-0.05, 0) is 60.5 Å². The lowest BCUT2D eigenvalue weighted by Gasteiger charge is -2.15. The Hall–Kier alpha value is -4.71. The third-order valence-electron chi connectivity index (χ3n) is 6.44. The summed E-state index contributed by atoms with van der Waals surface area (Å²) in [6.45, 7) is 3.48. The number of allylic oxidation sites excluding steroid dienone is 1. The first kappa shape index (κ1) is 27.8. The van der Waals surface area contributed by atoms with Crippen LogP contribution in [0.5, 0.6) is 11.5 Å². The van der Waals surface area contributed by atoms with Gasteiger partial charge in [0.25, 0.3) is 11.5 Å². The number of carbonyl (C=O) groups is 2. The van der Waals surface area contributed by atoms with E-state index >= 15 is 0 Å². The van der Waals surface area contributed by atoms with E-state index in [-0.39, 0.29) is 42.0 Å². The van der Waals surface area contributed by atoms with E-state index in [1.807, 2.05) is 0 Å². The van der Waals surface area contributed by atoms with Crippen molar-refractivity contribution in [3.8, 4) is 11.5 Å². The fourth-order valence-electron chi connectivity index (χ4n) is 4.39. The number of hydrogen-bond acceptors (Lipinski definition) is 6. The molecule has 0 atom stereocenters. The molecule has 0 fully saturated rings. The molecule has 41 heavy (non-hydrogen) atoms. The van der Waals surface area contributed by atoms with Gasteiger partial charge in [0.2, 0.25) is 12.7 Å². The van der Waals surface area contributed by atoms with Gasteiger partial charge in [0.1, 0.15) is 12.4 Å². The Balaban J connectivity index is 1.46. The molecule has 5 rings (SSSR count). The number of nitrogens with one attached hydrogen (secondary N) is 2. The highest BCUT2D eigenvalue weighted by Crippen LogP contribution is 2.32. The molecule has 2 heterocycles. The Morgan fingerprint density at radius 3 is 2.61 bits per heavy atom. The SMILES string of the molecule is C=CCCn1c(=O)c2ccc(C(=O)NCc3ccc4c(c3)OCO4)cc2n(CC(=O)Nc2ccc(Br)cc2F)c1=O. The van der Waals surface area contributed by atoms with Gasteiger partial charge in [0, 0.05) is 23.1 Å². The summed E-state index contributed by atoms with van der Waals surface area (Å²) >= 11 is 3.16. The molecule has 0 bridgehead atoms. The highest BCUT2D eigenvalue weighted by Gasteiger charge is 2.19. The van der Waals surface area contributed by atoms with E-state index in [9.17, 15) is 23.6 Å². The van der Waals surface area contributed by atoms with Gasteiger partial charge in [0.05, 0.1) is 16.6 Å². The summed E-state index contributed by atoms with van der Waals surface area (Å²) in [4.78, 5) is 52.6. The molecule has 3 aromatic carbocycles. The first-order chi connectivity index (χ1) is 19.7. The molecule has 0 spiro atoms. The van der Waals surface area contributed by atoms with Crippen molar-refractivity contribution < 1.29 is 23.5 Å². The van der Waals surface area contributed by atoms with E-state index in [4.69, 9.17) is 9.47 Å². The normalized spacial score (nSPS) is 11.9. The van der Waals surface area contributed by atoms with Gasteiger partial charge in [-0.3, -0.25) is 23.5 Å². The minimum Gasteiger partial charge on any atom is -0.454 e. The third-order valence-corrected chi connectivity index (χ3v) is 6.94. The summed E-state index contributed by atoms with van der Waals surface area (Å²) in [5, 5.41) is 5.40. The highest BCUT2D eigenvalue weighted by atomic mass is 79.9. The Morgan fingerprint density at radius 2 is 1.83 bits per heavy atom. The molecule has 0 unspecified atom stereocenters. The van der Waals surface area contributed by atoms with E-state index in [2.05, 4.69) is 33.1 Å². The van der Waals surface area contributed by atoms with Crippen molar-refractivity contribution in [2.24, 2.45) is 0 Å². The number of fused-ring (bicyclic) bond motifs is 2. The lowest BCUT2D eigenvalue weighted by molar-refractivity contribution is -0.116. The zero-order valence-corrected chi connectivity index (χ0v) is 23.2. The topological polar surface area (TPSA) is 121 Å². The molecule has 4 aromatic rings. The molecule has 10 nitrogen and oxygen atoms in total. The molecular weight excluding hydrogens is 599 g/mol. The second-order valence-corrected chi connectivity index (χ2v) is 10.1. The van der Waals surface area contributed by atoms with Crippen LogP contribution in [0.2, 0.25) is 0 Å². The summed E-state index contributed by atoms with van der Waals surface area (Å²) in [7, 11) is 0. The van der Waals surface area contributed by atoms with E-state index < -0.39 is 35.4 Å². The van der Waals surface area contributed by atoms with Crippen molar-refractivity contribution in [3.63, 3.8) is 0 Å². The van der Waals surface area contributed by atoms with Gasteiger partial charge >= 0.3 is 5.69 Å². The highest BCUT2D eigenvalue weighted by molar-refractivity contribution is 9.10. The van der Waals surface area contributed by atoms with Crippen LogP contribution in [0.15, 0.2) is 81.3 Å². The number of carbonyl (C=O) groups excluding carboxylic acids is 2. The fourth-order valence-corrected chi connectivity index (χ4v) is 4.72. The molecule has 0 saturated heterocycles. The zero-order valence-electron chi connectivity index (χ0n) is 21.6. The molecule has 0 aliphatic carbocycles. The molecular formula is C29H24BrFN4O6. The summed E-state index contributed by atoms with van der Waals surface area (Å²) in [5.74, 6) is -0.608. The standard InChI is InChI=1S/C29H24BrFN4O6/c1-2-3-10-34-28(38)20-7-5-18(27(37)32-14-17-4-9-24-25(11-17)41-16-40-24)12-23(20)35(29(34)39)15-26(36)33-22-8-6-19(30)13-21(22)31/h2,4-9,11-13H,1,3,10,14-16H2,(H,32,37)(H,33,36). The van der Waals surface area contributed by atoms with E-state index in [1.54, 1.807) is 30.3 Å². The van der Waals surface area contributed by atoms with Gasteiger partial charge in [-0.15, -0.1) is 6.58 Å². The maximum absolute atomic E-state index is 14.3. The quantitative estimate of drug-likeness (QED) is 0.273. The number of amides is 2. The predicted molar refractivity (Wildman–Crippen MR) is 154 cm³/mol. The number of ether oxygens (including phenoxy) is 2. The molecule has 210 valence electrons. The molecule has 1 aromatic heterocycles. The first-order valence-corrected chi connectivity index (χ1v) is 13.3. The van der Waals surface area contributed by atoms with Gasteiger partial charge in [-0.1, -0.05) is 28.1 Å². The van der Waals surface area contributed by atoms with E-state index in [1.165, 1.54) is 30.3 Å². The summed E-state index contributed by atoms with van der Waals surface area (Å²) < 4.78 is 27.6. The predicted octanol–water partition coefficient (Wildman–Crippen LogP) is 3.94. The third kappa shape index (κ3) is 5.92. The second-order valence-electron chi connectivity index (χ2n) is 9.18. The maximum atomic E-state index is 14.3. The summed E-state index contributed by atoms with van der Waals surface area (Å²) in [5.41, 5.74) is -0.323. The smallest absolute Gasteiger partial charge is 0.331 e. The molecule has 2 N–H and O–H groups in total. The monoisotopic (exact) mass is 622 g/mol. The number of hydrogen-bond donors (Lipinski definition) is 2. The van der Waals surface area contributed by atoms with Crippen LogP contribution in [0.1, 0.15) is 22.3 Å². The van der Waals surface area contributed by atoms with Crippen LogP contribution in [0, 0.1) is 5.82 Å². The van der Waals surface area contributed by atoms with Gasteiger partial charge < -0.3 is 20.1 Å². The van der Waals surface area contributed by atoms with Gasteiger partial charge in [0.15, 0.2) is 11.5 Å². The maximum Gasteiger partial charge on any atom is 0.331 e. The number of benzene rings is 3. The number of nitrogens with zero attached hydrogens (tertiary/aromatic N) is 2. The average Bonchev–Trinajstić information content (AvgIpc) is 3.43. The zero-order chi connectivity index (χ0) is 29.1. The van der Waals surface area contributed by atoms with Crippen LogP contribution in [-0.4, -0.2) is 27.7 Å². The molecule has 0 saturated carbocycles. The van der Waals surface area contributed by atoms with Crippen LogP contribution < -0.4 is 31.4 Å². The first-order valence-electron chi connectivity index (χ1n) is 12.5. The Bertz CT molecular complexity index is 1820. The Labute approximate surface area is 241 Å². The van der Waals surface area contributed by atoms with Gasteiger partial charge in [-0.25, -0.2) is 9.18 Å². The Kier molecular flexibility index (Phi) is 8.02. The van der Waals surface area contributed by atoms with Crippen LogP contribution in [0.25, 0.3) is 10.9 Å². The average molecular weight is 623 g/mol. The van der Waals surface area contributed by atoms with Crippen LogP contribution in [-0.2, 0) is 24.4 Å². The Morgan fingerprint density at radius 1 is 1.02 bits per heavy atom. The minimum absolute atomic E-state index is 0.0534. The largest absolute Gasteiger partial charge is 0.454 e. The van der Waals surface area contributed by atoms with Crippen molar-refractivity contribution in [3.05, 3.63) is 110 Å². The van der Waals surface area contributed by atoms with E-state index in [0.29, 0.717) is 22.4 Å². The molecule has 1 aliphatic heterocycles. The van der Waals surface area contributed by atoms with Crippen LogP contribution >= 0.6 is 15.9 Å². The van der Waals surface area contributed by atoms with Crippen molar-refractivity contribution in [2.45, 2.75) is 26.1 Å². The molecule has 2 amide bonds. The molecule has 1 aliphatic rings. The van der Waals surface area contributed by atoms with E-state index in [0.717, 1.165) is 14.7 Å². The van der Waals surface area contributed by atoms with Crippen LogP contribution in [0.4, 0.5) is 10.1 Å². The lowest BCUT2D eigenvalue weighted by atomic mass is 10.1. The number of aromatic nitrogens is 2. The molecule has 0 radical (unpaired) electrons. The van der Waals surface area contributed by atoms with Crippen molar-refractivity contribution >= 4 is 44.3 Å². The van der Waals surface area contributed by atoms with Crippen molar-refractivity contribution in [1.29, 1.82) is 0 Å². The summed E-state index contributed by atoms with van der Waals surface area (Å²) in [6, 6.07) is 13.8. The van der Waals surface area contributed by atoms with Crippen LogP contribution in [0.3, 0.4) is 0 Å². The fraction of sp³-hybridized carbons (Fsp3) is 0.172. The number of rotatable bonds is 9.